The van der Waals surface area contributed by atoms with Crippen molar-refractivity contribution in [1.82, 2.24) is 14.5 Å². The Kier molecular flexibility index (Phi) is 3.42. The molecule has 3 rings (SSSR count). The van der Waals surface area contributed by atoms with Crippen LogP contribution in [0, 0.1) is 0 Å². The maximum Gasteiger partial charge on any atom is 0.329 e. The molecule has 6 nitrogen and oxygen atoms in total. The van der Waals surface area contributed by atoms with E-state index in [0.717, 1.165) is 16.5 Å². The lowest BCUT2D eigenvalue weighted by Gasteiger charge is -2.09. The van der Waals surface area contributed by atoms with E-state index in [1.54, 1.807) is 0 Å². The van der Waals surface area contributed by atoms with Gasteiger partial charge in [-0.2, -0.15) is 0 Å². The Morgan fingerprint density at radius 2 is 2.00 bits per heavy atom. The van der Waals surface area contributed by atoms with Crippen LogP contribution < -0.4 is 17.0 Å². The molecule has 0 aliphatic carbocycles. The molecule has 21 heavy (non-hydrogen) atoms. The van der Waals surface area contributed by atoms with Crippen molar-refractivity contribution in [2.75, 3.05) is 5.73 Å². The molecular formula is C14H13BrN4O2. The van der Waals surface area contributed by atoms with Gasteiger partial charge in [-0.1, -0.05) is 18.2 Å². The molecule has 0 unspecified atom stereocenters. The maximum absolute atomic E-state index is 11.8. The molecule has 0 radical (unpaired) electrons. The number of nitrogens with zero attached hydrogens (tertiary/aromatic N) is 1. The van der Waals surface area contributed by atoms with Gasteiger partial charge in [0.05, 0.1) is 0 Å². The summed E-state index contributed by atoms with van der Waals surface area (Å²) in [7, 11) is 0. The Morgan fingerprint density at radius 1 is 1.24 bits per heavy atom. The summed E-state index contributed by atoms with van der Waals surface area (Å²) in [6.07, 6.45) is 2.55. The molecule has 2 heterocycles. The molecule has 0 fully saturated rings. The Hall–Kier alpha value is -2.28. The van der Waals surface area contributed by atoms with Gasteiger partial charge in [0.15, 0.2) is 0 Å². The van der Waals surface area contributed by atoms with Crippen molar-refractivity contribution in [1.29, 1.82) is 0 Å². The fourth-order valence-corrected chi connectivity index (χ4v) is 2.67. The summed E-state index contributed by atoms with van der Waals surface area (Å²) in [6.45, 7) is 0.391. The third kappa shape index (κ3) is 2.40. The van der Waals surface area contributed by atoms with Crippen LogP contribution in [-0.4, -0.2) is 14.5 Å². The number of benzene rings is 1. The molecule has 7 heteroatoms. The molecule has 0 saturated carbocycles. The lowest BCUT2D eigenvalue weighted by Crippen LogP contribution is -2.33. The quantitative estimate of drug-likeness (QED) is 0.670. The number of rotatable bonds is 3. The molecule has 0 spiro atoms. The van der Waals surface area contributed by atoms with Gasteiger partial charge >= 0.3 is 5.69 Å². The molecule has 108 valence electrons. The topological polar surface area (TPSA) is 96.7 Å². The van der Waals surface area contributed by atoms with Gasteiger partial charge in [-0.05, 0) is 34.0 Å². The summed E-state index contributed by atoms with van der Waals surface area (Å²) in [5, 5.41) is 1.12. The standard InChI is InChI=1S/C14H13BrN4O2/c15-11-12(16)19(14(21)18-13(11)20)6-5-8-7-17-10-4-2-1-3-9(8)10/h1-4,7,17H,5-6,16H2,(H,18,20,21). The molecule has 3 aromatic rings. The van der Waals surface area contributed by atoms with E-state index in [-0.39, 0.29) is 10.3 Å². The second kappa shape index (κ2) is 5.25. The number of anilines is 1. The van der Waals surface area contributed by atoms with Crippen LogP contribution in [0.4, 0.5) is 5.82 Å². The van der Waals surface area contributed by atoms with Crippen LogP contribution >= 0.6 is 15.9 Å². The average Bonchev–Trinajstić information content (AvgIpc) is 2.88. The Bertz CT molecular complexity index is 923. The fourth-order valence-electron chi connectivity index (χ4n) is 2.36. The Labute approximate surface area is 127 Å². The second-order valence-electron chi connectivity index (χ2n) is 4.72. The number of halogens is 1. The Balaban J connectivity index is 1.94. The molecular weight excluding hydrogens is 336 g/mol. The van der Waals surface area contributed by atoms with Crippen LogP contribution in [0.2, 0.25) is 0 Å². The van der Waals surface area contributed by atoms with E-state index in [1.165, 1.54) is 4.57 Å². The van der Waals surface area contributed by atoms with Crippen molar-refractivity contribution in [3.05, 3.63) is 61.3 Å². The van der Waals surface area contributed by atoms with E-state index in [4.69, 9.17) is 5.73 Å². The van der Waals surface area contributed by atoms with Crippen LogP contribution in [0.5, 0.6) is 0 Å². The summed E-state index contributed by atoms with van der Waals surface area (Å²) < 4.78 is 1.54. The third-order valence-electron chi connectivity index (χ3n) is 3.46. The average molecular weight is 349 g/mol. The molecule has 1 aromatic carbocycles. The molecule has 0 aliphatic heterocycles. The zero-order valence-electron chi connectivity index (χ0n) is 11.0. The zero-order chi connectivity index (χ0) is 15.0. The summed E-state index contributed by atoms with van der Waals surface area (Å²) in [5.74, 6) is 0.142. The summed E-state index contributed by atoms with van der Waals surface area (Å²) >= 11 is 3.09. The number of nitrogens with two attached hydrogens (primary N) is 1. The van der Waals surface area contributed by atoms with Crippen LogP contribution in [0.25, 0.3) is 10.9 Å². The van der Waals surface area contributed by atoms with Crippen molar-refractivity contribution in [3.63, 3.8) is 0 Å². The second-order valence-corrected chi connectivity index (χ2v) is 5.51. The number of H-pyrrole nitrogens is 2. The molecule has 0 aliphatic rings. The van der Waals surface area contributed by atoms with Crippen LogP contribution in [0.1, 0.15) is 5.56 Å². The molecule has 0 atom stereocenters. The number of hydrogen-bond donors (Lipinski definition) is 3. The smallest absolute Gasteiger partial charge is 0.329 e. The highest BCUT2D eigenvalue weighted by atomic mass is 79.9. The van der Waals surface area contributed by atoms with Crippen LogP contribution in [-0.2, 0) is 13.0 Å². The van der Waals surface area contributed by atoms with E-state index in [9.17, 15) is 9.59 Å². The van der Waals surface area contributed by atoms with Gasteiger partial charge in [-0.25, -0.2) is 4.79 Å². The van der Waals surface area contributed by atoms with E-state index in [1.807, 2.05) is 30.5 Å². The molecule has 0 amide bonds. The van der Waals surface area contributed by atoms with E-state index < -0.39 is 11.2 Å². The predicted molar refractivity (Wildman–Crippen MR) is 85.4 cm³/mol. The zero-order valence-corrected chi connectivity index (χ0v) is 12.6. The van der Waals surface area contributed by atoms with Crippen molar-refractivity contribution in [2.45, 2.75) is 13.0 Å². The number of fused-ring (bicyclic) bond motifs is 1. The summed E-state index contributed by atoms with van der Waals surface area (Å²) in [5.41, 5.74) is 6.96. The lowest BCUT2D eigenvalue weighted by atomic mass is 10.1. The Morgan fingerprint density at radius 3 is 2.81 bits per heavy atom. The van der Waals surface area contributed by atoms with Gasteiger partial charge in [-0.15, -0.1) is 0 Å². The van der Waals surface area contributed by atoms with Crippen molar-refractivity contribution < 1.29 is 0 Å². The molecule has 0 bridgehead atoms. The van der Waals surface area contributed by atoms with Crippen molar-refractivity contribution >= 4 is 32.7 Å². The fraction of sp³-hybridized carbons (Fsp3) is 0.143. The van der Waals surface area contributed by atoms with Gasteiger partial charge in [0.2, 0.25) is 0 Å². The van der Waals surface area contributed by atoms with E-state index in [2.05, 4.69) is 25.9 Å². The minimum Gasteiger partial charge on any atom is -0.384 e. The number of nitrogens with one attached hydrogen (secondary N) is 2. The van der Waals surface area contributed by atoms with E-state index in [0.29, 0.717) is 13.0 Å². The van der Waals surface area contributed by atoms with Gasteiger partial charge in [0, 0.05) is 23.6 Å². The highest BCUT2D eigenvalue weighted by molar-refractivity contribution is 9.10. The van der Waals surface area contributed by atoms with Crippen molar-refractivity contribution in [3.8, 4) is 0 Å². The van der Waals surface area contributed by atoms with E-state index >= 15 is 0 Å². The lowest BCUT2D eigenvalue weighted by molar-refractivity contribution is 0.654. The molecule has 0 saturated heterocycles. The van der Waals surface area contributed by atoms with Gasteiger partial charge in [0.1, 0.15) is 10.3 Å². The van der Waals surface area contributed by atoms with Gasteiger partial charge < -0.3 is 10.7 Å². The first kappa shape index (κ1) is 13.7. The highest BCUT2D eigenvalue weighted by Crippen LogP contribution is 2.19. The highest BCUT2D eigenvalue weighted by Gasteiger charge is 2.10. The van der Waals surface area contributed by atoms with Crippen molar-refractivity contribution in [2.24, 2.45) is 0 Å². The first-order chi connectivity index (χ1) is 10.1. The van der Waals surface area contributed by atoms with Crippen LogP contribution in [0.15, 0.2) is 44.5 Å². The maximum atomic E-state index is 11.8. The third-order valence-corrected chi connectivity index (χ3v) is 4.23. The van der Waals surface area contributed by atoms with Gasteiger partial charge in [-0.3, -0.25) is 14.3 Å². The number of aromatic nitrogens is 3. The minimum absolute atomic E-state index is 0.142. The number of aryl methyl sites for hydroxylation is 1. The van der Waals surface area contributed by atoms with Crippen LogP contribution in [0.3, 0.4) is 0 Å². The first-order valence-electron chi connectivity index (χ1n) is 6.41. The largest absolute Gasteiger partial charge is 0.384 e. The number of aromatic amines is 2. The number of nitrogen functional groups attached to an aromatic ring is 1. The number of para-hydroxylation sites is 1. The first-order valence-corrected chi connectivity index (χ1v) is 7.20. The summed E-state index contributed by atoms with van der Waals surface area (Å²) in [4.78, 5) is 28.7. The minimum atomic E-state index is -0.513. The molecule has 2 aromatic heterocycles. The monoisotopic (exact) mass is 348 g/mol. The summed E-state index contributed by atoms with van der Waals surface area (Å²) in [6, 6.07) is 7.95. The normalized spacial score (nSPS) is 11.1. The SMILES string of the molecule is Nc1c(Br)c(=O)[nH]c(=O)n1CCc1c[nH]c2ccccc12. The van der Waals surface area contributed by atoms with Gasteiger partial charge in [0.25, 0.3) is 5.56 Å². The number of hydrogen-bond acceptors (Lipinski definition) is 3. The predicted octanol–water partition coefficient (Wildman–Crippen LogP) is 1.61. The molecule has 4 N–H and O–H groups in total.